The molecule has 0 unspecified atom stereocenters. The highest BCUT2D eigenvalue weighted by Gasteiger charge is 2.06. The number of hydrogen-bond acceptors (Lipinski definition) is 3. The van der Waals surface area contributed by atoms with Gasteiger partial charge in [0.1, 0.15) is 0 Å². The summed E-state index contributed by atoms with van der Waals surface area (Å²) in [7, 11) is 3.97. The van der Waals surface area contributed by atoms with Gasteiger partial charge in [0, 0.05) is 18.5 Å². The van der Waals surface area contributed by atoms with E-state index in [9.17, 15) is 4.79 Å². The van der Waals surface area contributed by atoms with Gasteiger partial charge in [0.25, 0.3) is 0 Å². The number of amides is 1. The fourth-order valence-electron chi connectivity index (χ4n) is 2.08. The molecule has 0 radical (unpaired) electrons. The van der Waals surface area contributed by atoms with Crippen LogP contribution >= 0.6 is 0 Å². The monoisotopic (exact) mass is 271 g/mol. The van der Waals surface area contributed by atoms with Crippen LogP contribution in [0.4, 0.5) is 0 Å². The van der Waals surface area contributed by atoms with Crippen molar-refractivity contribution in [3.63, 3.8) is 0 Å². The summed E-state index contributed by atoms with van der Waals surface area (Å²) in [5, 5.41) is 4.02. The van der Waals surface area contributed by atoms with Crippen molar-refractivity contribution in [3.8, 4) is 0 Å². The molecule has 1 heterocycles. The van der Waals surface area contributed by atoms with Crippen molar-refractivity contribution in [3.05, 3.63) is 41.6 Å². The number of pyridine rings is 1. The van der Waals surface area contributed by atoms with E-state index in [1.165, 1.54) is 0 Å². The van der Waals surface area contributed by atoms with Gasteiger partial charge < -0.3 is 10.2 Å². The standard InChI is InChI=1S/C16H21N3O/c1-12-5-4-6-13-7-8-14(18-16(12)13)11-15(20)17-9-10-19(2)3/h4-8H,9-11H2,1-3H3,(H,17,20). The maximum atomic E-state index is 11.8. The molecule has 0 bridgehead atoms. The van der Waals surface area contributed by atoms with Crippen LogP contribution in [0.2, 0.25) is 0 Å². The summed E-state index contributed by atoms with van der Waals surface area (Å²) < 4.78 is 0. The molecule has 106 valence electrons. The minimum absolute atomic E-state index is 0.0206. The number of fused-ring (bicyclic) bond motifs is 1. The van der Waals surface area contributed by atoms with Gasteiger partial charge in [-0.05, 0) is 32.6 Å². The molecule has 0 aliphatic carbocycles. The Hall–Kier alpha value is -1.94. The van der Waals surface area contributed by atoms with E-state index in [1.807, 2.05) is 56.3 Å². The molecule has 0 atom stereocenters. The van der Waals surface area contributed by atoms with E-state index >= 15 is 0 Å². The largest absolute Gasteiger partial charge is 0.354 e. The first-order valence-electron chi connectivity index (χ1n) is 6.83. The minimum atomic E-state index is 0.0206. The number of hydrogen-bond donors (Lipinski definition) is 1. The predicted molar refractivity (Wildman–Crippen MR) is 81.7 cm³/mol. The molecule has 0 saturated heterocycles. The van der Waals surface area contributed by atoms with Gasteiger partial charge in [-0.3, -0.25) is 9.78 Å². The van der Waals surface area contributed by atoms with Crippen LogP contribution in [0.3, 0.4) is 0 Å². The first-order valence-corrected chi connectivity index (χ1v) is 6.83. The summed E-state index contributed by atoms with van der Waals surface area (Å²) in [6.45, 7) is 3.55. The number of rotatable bonds is 5. The Morgan fingerprint density at radius 3 is 2.80 bits per heavy atom. The lowest BCUT2D eigenvalue weighted by Crippen LogP contribution is -2.32. The van der Waals surface area contributed by atoms with E-state index in [2.05, 4.69) is 10.3 Å². The third-order valence-electron chi connectivity index (χ3n) is 3.20. The van der Waals surface area contributed by atoms with Gasteiger partial charge in [-0.1, -0.05) is 24.3 Å². The lowest BCUT2D eigenvalue weighted by molar-refractivity contribution is -0.120. The lowest BCUT2D eigenvalue weighted by atomic mass is 10.1. The summed E-state index contributed by atoms with van der Waals surface area (Å²) in [5.41, 5.74) is 2.93. The molecule has 4 heteroatoms. The molecule has 0 fully saturated rings. The van der Waals surface area contributed by atoms with E-state index in [0.717, 1.165) is 28.7 Å². The van der Waals surface area contributed by atoms with Gasteiger partial charge in [0.15, 0.2) is 0 Å². The highest BCUT2D eigenvalue weighted by Crippen LogP contribution is 2.16. The zero-order valence-corrected chi connectivity index (χ0v) is 12.3. The Morgan fingerprint density at radius 2 is 2.05 bits per heavy atom. The second kappa shape index (κ2) is 6.48. The SMILES string of the molecule is Cc1cccc2ccc(CC(=O)NCCN(C)C)nc12. The van der Waals surface area contributed by atoms with Gasteiger partial charge in [0.05, 0.1) is 17.6 Å². The maximum Gasteiger partial charge on any atom is 0.226 e. The van der Waals surface area contributed by atoms with Crippen LogP contribution in [0, 0.1) is 6.92 Å². The number of benzene rings is 1. The maximum absolute atomic E-state index is 11.8. The summed E-state index contributed by atoms with van der Waals surface area (Å²) in [6.07, 6.45) is 0.331. The van der Waals surface area contributed by atoms with E-state index in [0.29, 0.717) is 13.0 Å². The molecular formula is C16H21N3O. The van der Waals surface area contributed by atoms with Gasteiger partial charge in [-0.25, -0.2) is 0 Å². The molecule has 1 aromatic carbocycles. The average Bonchev–Trinajstić information content (AvgIpc) is 2.39. The van der Waals surface area contributed by atoms with Crippen LogP contribution in [-0.4, -0.2) is 43.0 Å². The smallest absolute Gasteiger partial charge is 0.226 e. The van der Waals surface area contributed by atoms with Crippen molar-refractivity contribution in [1.29, 1.82) is 0 Å². The molecule has 1 amide bonds. The number of carbonyl (C=O) groups excluding carboxylic acids is 1. The van der Waals surface area contributed by atoms with Gasteiger partial charge >= 0.3 is 0 Å². The average molecular weight is 271 g/mol. The number of nitrogens with zero attached hydrogens (tertiary/aromatic N) is 2. The Balaban J connectivity index is 2.03. The molecule has 20 heavy (non-hydrogen) atoms. The van der Waals surface area contributed by atoms with Crippen LogP contribution in [-0.2, 0) is 11.2 Å². The lowest BCUT2D eigenvalue weighted by Gasteiger charge is -2.10. The number of nitrogens with one attached hydrogen (secondary N) is 1. The summed E-state index contributed by atoms with van der Waals surface area (Å²) >= 11 is 0. The third-order valence-corrected chi connectivity index (χ3v) is 3.20. The number of aryl methyl sites for hydroxylation is 1. The normalized spacial score (nSPS) is 11.0. The van der Waals surface area contributed by atoms with Crippen molar-refractivity contribution in [2.75, 3.05) is 27.2 Å². The molecule has 1 N–H and O–H groups in total. The van der Waals surface area contributed by atoms with Crippen molar-refractivity contribution < 1.29 is 4.79 Å². The minimum Gasteiger partial charge on any atom is -0.354 e. The Kier molecular flexibility index (Phi) is 4.69. The number of aromatic nitrogens is 1. The van der Waals surface area contributed by atoms with Gasteiger partial charge in [-0.15, -0.1) is 0 Å². The van der Waals surface area contributed by atoms with E-state index in [4.69, 9.17) is 0 Å². The second-order valence-corrected chi connectivity index (χ2v) is 5.28. The number of carbonyl (C=O) groups is 1. The Labute approximate surface area is 119 Å². The third kappa shape index (κ3) is 3.78. The van der Waals surface area contributed by atoms with Crippen LogP contribution in [0.5, 0.6) is 0 Å². The molecule has 4 nitrogen and oxygen atoms in total. The van der Waals surface area contributed by atoms with Crippen LogP contribution < -0.4 is 5.32 Å². The van der Waals surface area contributed by atoms with Crippen molar-refractivity contribution in [2.24, 2.45) is 0 Å². The molecular weight excluding hydrogens is 250 g/mol. The first-order chi connectivity index (χ1) is 9.56. The first kappa shape index (κ1) is 14.5. The van der Waals surface area contributed by atoms with Crippen molar-refractivity contribution in [1.82, 2.24) is 15.2 Å². The molecule has 0 saturated carbocycles. The quantitative estimate of drug-likeness (QED) is 0.901. The Morgan fingerprint density at radius 1 is 1.25 bits per heavy atom. The molecule has 1 aromatic heterocycles. The summed E-state index contributed by atoms with van der Waals surface area (Å²) in [5.74, 6) is 0.0206. The molecule has 0 aliphatic heterocycles. The highest BCUT2D eigenvalue weighted by atomic mass is 16.1. The Bertz CT molecular complexity index is 608. The molecule has 0 aliphatic rings. The fraction of sp³-hybridized carbons (Fsp3) is 0.375. The summed E-state index contributed by atoms with van der Waals surface area (Å²) in [6, 6.07) is 10.0. The van der Waals surface area contributed by atoms with E-state index in [-0.39, 0.29) is 5.91 Å². The second-order valence-electron chi connectivity index (χ2n) is 5.28. The summed E-state index contributed by atoms with van der Waals surface area (Å²) in [4.78, 5) is 18.5. The predicted octanol–water partition coefficient (Wildman–Crippen LogP) is 1.76. The zero-order valence-electron chi connectivity index (χ0n) is 12.3. The van der Waals surface area contributed by atoms with Gasteiger partial charge in [0.2, 0.25) is 5.91 Å². The molecule has 0 spiro atoms. The van der Waals surface area contributed by atoms with E-state index in [1.54, 1.807) is 0 Å². The fourth-order valence-corrected chi connectivity index (χ4v) is 2.08. The van der Waals surface area contributed by atoms with Gasteiger partial charge in [-0.2, -0.15) is 0 Å². The zero-order chi connectivity index (χ0) is 14.5. The van der Waals surface area contributed by atoms with Crippen molar-refractivity contribution in [2.45, 2.75) is 13.3 Å². The van der Waals surface area contributed by atoms with E-state index < -0.39 is 0 Å². The van der Waals surface area contributed by atoms with Crippen LogP contribution in [0.15, 0.2) is 30.3 Å². The topological polar surface area (TPSA) is 45.2 Å². The van der Waals surface area contributed by atoms with Crippen LogP contribution in [0.1, 0.15) is 11.3 Å². The molecule has 2 aromatic rings. The molecule has 2 rings (SSSR count). The highest BCUT2D eigenvalue weighted by molar-refractivity contribution is 5.83. The number of likely N-dealkylation sites (N-methyl/N-ethyl adjacent to an activating group) is 1. The van der Waals surface area contributed by atoms with Crippen LogP contribution in [0.25, 0.3) is 10.9 Å². The number of para-hydroxylation sites is 1. The van der Waals surface area contributed by atoms with Crippen molar-refractivity contribution >= 4 is 16.8 Å².